The normalized spacial score (nSPS) is 18.0. The van der Waals surface area contributed by atoms with Crippen LogP contribution in [0.4, 0.5) is 11.4 Å². The SMILES string of the molecule is CC(C)c1ccccc1N1C(=O)CS[C@@H]1c1ccc(NC(=O)[C@H](C)Cl)cc1. The third-order valence-corrected chi connectivity index (χ3v) is 5.92. The van der Waals surface area contributed by atoms with Crippen molar-refractivity contribution >= 4 is 46.6 Å². The van der Waals surface area contributed by atoms with E-state index < -0.39 is 5.38 Å². The quantitative estimate of drug-likeness (QED) is 0.703. The first kappa shape index (κ1) is 19.8. The molecule has 0 saturated carbocycles. The van der Waals surface area contributed by atoms with Crippen LogP contribution in [0.3, 0.4) is 0 Å². The molecule has 0 unspecified atom stereocenters. The molecule has 142 valence electrons. The molecule has 1 aliphatic heterocycles. The Hall–Kier alpha value is -1.98. The van der Waals surface area contributed by atoms with E-state index in [9.17, 15) is 9.59 Å². The van der Waals surface area contributed by atoms with Crippen molar-refractivity contribution in [3.8, 4) is 0 Å². The van der Waals surface area contributed by atoms with E-state index in [4.69, 9.17) is 11.6 Å². The highest BCUT2D eigenvalue weighted by Crippen LogP contribution is 2.44. The molecular formula is C21H23ClN2O2S. The largest absolute Gasteiger partial charge is 0.325 e. The number of hydrogen-bond donors (Lipinski definition) is 1. The zero-order valence-corrected chi connectivity index (χ0v) is 17.2. The monoisotopic (exact) mass is 402 g/mol. The van der Waals surface area contributed by atoms with Gasteiger partial charge in [0.1, 0.15) is 10.8 Å². The van der Waals surface area contributed by atoms with E-state index in [-0.39, 0.29) is 17.2 Å². The molecule has 1 saturated heterocycles. The highest BCUT2D eigenvalue weighted by molar-refractivity contribution is 8.00. The van der Waals surface area contributed by atoms with Crippen LogP contribution in [-0.2, 0) is 9.59 Å². The van der Waals surface area contributed by atoms with Crippen LogP contribution in [0.15, 0.2) is 48.5 Å². The molecule has 0 spiro atoms. The molecule has 1 heterocycles. The number of amides is 2. The molecule has 0 aliphatic carbocycles. The van der Waals surface area contributed by atoms with Crippen LogP contribution in [0.1, 0.15) is 43.2 Å². The summed E-state index contributed by atoms with van der Waals surface area (Å²) < 4.78 is 0. The van der Waals surface area contributed by atoms with Crippen molar-refractivity contribution in [3.05, 3.63) is 59.7 Å². The van der Waals surface area contributed by atoms with Crippen LogP contribution >= 0.6 is 23.4 Å². The van der Waals surface area contributed by atoms with Gasteiger partial charge in [0.2, 0.25) is 11.8 Å². The number of benzene rings is 2. The molecule has 1 aliphatic rings. The van der Waals surface area contributed by atoms with Crippen molar-refractivity contribution in [2.45, 2.75) is 37.4 Å². The summed E-state index contributed by atoms with van der Waals surface area (Å²) in [6.07, 6.45) is 0. The molecule has 0 bridgehead atoms. The lowest BCUT2D eigenvalue weighted by Crippen LogP contribution is -2.29. The van der Waals surface area contributed by atoms with Gasteiger partial charge >= 0.3 is 0 Å². The summed E-state index contributed by atoms with van der Waals surface area (Å²) in [6.45, 7) is 5.91. The Morgan fingerprint density at radius 2 is 1.81 bits per heavy atom. The molecule has 3 rings (SSSR count). The molecule has 2 amide bonds. The Morgan fingerprint density at radius 1 is 1.15 bits per heavy atom. The Labute approximate surface area is 169 Å². The summed E-state index contributed by atoms with van der Waals surface area (Å²) in [5.74, 6) is 0.670. The number of carbonyl (C=O) groups is 2. The average molecular weight is 403 g/mol. The van der Waals surface area contributed by atoms with Gasteiger partial charge in [0.15, 0.2) is 0 Å². The Balaban J connectivity index is 1.88. The van der Waals surface area contributed by atoms with Crippen LogP contribution in [0.2, 0.25) is 0 Å². The van der Waals surface area contributed by atoms with Gasteiger partial charge in [-0.3, -0.25) is 14.5 Å². The number of nitrogens with zero attached hydrogens (tertiary/aromatic N) is 1. The van der Waals surface area contributed by atoms with Crippen molar-refractivity contribution < 1.29 is 9.59 Å². The summed E-state index contributed by atoms with van der Waals surface area (Å²) >= 11 is 7.42. The number of alkyl halides is 1. The van der Waals surface area contributed by atoms with Crippen molar-refractivity contribution in [2.75, 3.05) is 16.0 Å². The van der Waals surface area contributed by atoms with Crippen LogP contribution in [0.25, 0.3) is 0 Å². The molecule has 2 atom stereocenters. The summed E-state index contributed by atoms with van der Waals surface area (Å²) in [5, 5.41) is 2.11. The number of rotatable bonds is 5. The number of anilines is 2. The Bertz CT molecular complexity index is 836. The molecule has 0 aromatic heterocycles. The van der Waals surface area contributed by atoms with E-state index in [0.717, 1.165) is 11.3 Å². The minimum Gasteiger partial charge on any atom is -0.325 e. The van der Waals surface area contributed by atoms with Gasteiger partial charge in [0.05, 0.1) is 5.75 Å². The molecule has 1 N–H and O–H groups in total. The van der Waals surface area contributed by atoms with Gasteiger partial charge in [-0.2, -0.15) is 0 Å². The van der Waals surface area contributed by atoms with E-state index in [1.54, 1.807) is 18.7 Å². The maximum absolute atomic E-state index is 12.7. The van der Waals surface area contributed by atoms with Crippen LogP contribution < -0.4 is 10.2 Å². The molecule has 27 heavy (non-hydrogen) atoms. The first-order chi connectivity index (χ1) is 12.9. The molecule has 1 fully saturated rings. The first-order valence-corrected chi connectivity index (χ1v) is 10.4. The van der Waals surface area contributed by atoms with Gasteiger partial charge in [-0.25, -0.2) is 0 Å². The van der Waals surface area contributed by atoms with Gasteiger partial charge in [-0.1, -0.05) is 44.2 Å². The van der Waals surface area contributed by atoms with E-state index in [1.807, 2.05) is 47.4 Å². The van der Waals surface area contributed by atoms with Crippen molar-refractivity contribution in [1.29, 1.82) is 0 Å². The molecule has 6 heteroatoms. The van der Waals surface area contributed by atoms with Gasteiger partial charge in [0.25, 0.3) is 0 Å². The second kappa shape index (κ2) is 8.36. The zero-order valence-electron chi connectivity index (χ0n) is 15.6. The topological polar surface area (TPSA) is 49.4 Å². The number of nitrogens with one attached hydrogen (secondary N) is 1. The van der Waals surface area contributed by atoms with Gasteiger partial charge in [-0.05, 0) is 42.2 Å². The third kappa shape index (κ3) is 4.30. The maximum Gasteiger partial charge on any atom is 0.242 e. The lowest BCUT2D eigenvalue weighted by atomic mass is 10.00. The smallest absolute Gasteiger partial charge is 0.242 e. The summed E-state index contributed by atoms with van der Waals surface area (Å²) in [5.41, 5.74) is 3.86. The minimum absolute atomic E-state index is 0.0749. The molecule has 0 radical (unpaired) electrons. The van der Waals surface area contributed by atoms with Gasteiger partial charge < -0.3 is 5.32 Å². The molecule has 4 nitrogen and oxygen atoms in total. The number of hydrogen-bond acceptors (Lipinski definition) is 3. The number of halogens is 1. The van der Waals surface area contributed by atoms with Crippen LogP contribution in [-0.4, -0.2) is 22.9 Å². The summed E-state index contributed by atoms with van der Waals surface area (Å²) in [4.78, 5) is 26.3. The van der Waals surface area contributed by atoms with E-state index >= 15 is 0 Å². The second-order valence-corrected chi connectivity index (χ2v) is 8.59. The maximum atomic E-state index is 12.7. The third-order valence-electron chi connectivity index (χ3n) is 4.51. The van der Waals surface area contributed by atoms with E-state index in [1.165, 1.54) is 5.56 Å². The average Bonchev–Trinajstić information content (AvgIpc) is 3.03. The Kier molecular flexibility index (Phi) is 6.12. The number of para-hydroxylation sites is 1. The van der Waals surface area contributed by atoms with Gasteiger partial charge in [0, 0.05) is 11.4 Å². The lowest BCUT2D eigenvalue weighted by Gasteiger charge is -2.27. The Morgan fingerprint density at radius 3 is 2.44 bits per heavy atom. The van der Waals surface area contributed by atoms with E-state index in [0.29, 0.717) is 17.4 Å². The van der Waals surface area contributed by atoms with Crippen LogP contribution in [0.5, 0.6) is 0 Å². The first-order valence-electron chi connectivity index (χ1n) is 8.96. The highest BCUT2D eigenvalue weighted by Gasteiger charge is 2.35. The van der Waals surface area contributed by atoms with Crippen molar-refractivity contribution in [2.24, 2.45) is 0 Å². The number of thioether (sulfide) groups is 1. The fraction of sp³-hybridized carbons (Fsp3) is 0.333. The standard InChI is InChI=1S/C21H23ClN2O2S/c1-13(2)17-6-4-5-7-18(17)24-19(25)12-27-21(24)15-8-10-16(11-9-15)23-20(26)14(3)22/h4-11,13-14,21H,12H2,1-3H3,(H,23,26)/t14-,21+/m0/s1. The zero-order chi connectivity index (χ0) is 19.6. The summed E-state index contributed by atoms with van der Waals surface area (Å²) in [7, 11) is 0. The molecule has 2 aromatic carbocycles. The number of carbonyl (C=O) groups excluding carboxylic acids is 2. The van der Waals surface area contributed by atoms with E-state index in [2.05, 4.69) is 25.2 Å². The lowest BCUT2D eigenvalue weighted by molar-refractivity contribution is -0.116. The van der Waals surface area contributed by atoms with Crippen molar-refractivity contribution in [3.63, 3.8) is 0 Å². The minimum atomic E-state index is -0.587. The van der Waals surface area contributed by atoms with Gasteiger partial charge in [-0.15, -0.1) is 23.4 Å². The highest BCUT2D eigenvalue weighted by atomic mass is 35.5. The second-order valence-electron chi connectivity index (χ2n) is 6.87. The fourth-order valence-corrected chi connectivity index (χ4v) is 4.32. The summed E-state index contributed by atoms with van der Waals surface area (Å²) in [6, 6.07) is 15.7. The fourth-order valence-electron chi connectivity index (χ4n) is 3.10. The molecular weight excluding hydrogens is 380 g/mol. The van der Waals surface area contributed by atoms with Crippen LogP contribution in [0, 0.1) is 0 Å². The predicted octanol–water partition coefficient (Wildman–Crippen LogP) is 5.15. The molecule has 2 aromatic rings. The van der Waals surface area contributed by atoms with Crippen molar-refractivity contribution in [1.82, 2.24) is 0 Å². The predicted molar refractivity (Wildman–Crippen MR) is 114 cm³/mol.